The maximum absolute atomic E-state index is 13.8. The van der Waals surface area contributed by atoms with Gasteiger partial charge in [-0.25, -0.2) is 8.42 Å². The van der Waals surface area contributed by atoms with Gasteiger partial charge in [0.15, 0.2) is 5.69 Å². The Balaban J connectivity index is 1.11. The van der Waals surface area contributed by atoms with E-state index in [2.05, 4.69) is 26.7 Å². The van der Waals surface area contributed by atoms with Crippen LogP contribution in [0.3, 0.4) is 0 Å². The number of carbonyl (C=O) groups excluding carboxylic acids is 1. The summed E-state index contributed by atoms with van der Waals surface area (Å²) in [7, 11) is -3.74. The Morgan fingerprint density at radius 1 is 0.860 bits per heavy atom. The number of benzene rings is 3. The van der Waals surface area contributed by atoms with E-state index >= 15 is 0 Å². The van der Waals surface area contributed by atoms with Gasteiger partial charge >= 0.3 is 6.18 Å². The van der Waals surface area contributed by atoms with E-state index in [-0.39, 0.29) is 29.4 Å². The fourth-order valence-corrected chi connectivity index (χ4v) is 7.96. The SMILES string of the molecule is CCN1CCC(c2ccc(C(=O)N3CCC(c4ccc(Oc5ccc(C(F)(F)F)nn5)cc4)CC3)cc2NS(=O)(=O)Cc2ccccc2)CC1. The molecular formula is C37H40F3N5O4S. The Labute approximate surface area is 290 Å². The molecule has 1 aromatic heterocycles. The van der Waals surface area contributed by atoms with Crippen molar-refractivity contribution in [1.29, 1.82) is 0 Å². The number of amides is 1. The lowest BCUT2D eigenvalue weighted by molar-refractivity contribution is -0.141. The highest BCUT2D eigenvalue weighted by Crippen LogP contribution is 2.36. The summed E-state index contributed by atoms with van der Waals surface area (Å²) < 4.78 is 73.4. The number of hydrogen-bond donors (Lipinski definition) is 1. The maximum atomic E-state index is 13.8. The van der Waals surface area contributed by atoms with Gasteiger partial charge in [-0.05, 0) is 104 Å². The summed E-state index contributed by atoms with van der Waals surface area (Å²) in [6, 6.07) is 23.7. The summed E-state index contributed by atoms with van der Waals surface area (Å²) in [5, 5.41) is 6.69. The van der Waals surface area contributed by atoms with Crippen LogP contribution in [0.15, 0.2) is 84.9 Å². The second-order valence-corrected chi connectivity index (χ2v) is 14.6. The molecule has 2 aliphatic heterocycles. The molecule has 1 N–H and O–H groups in total. The zero-order chi connectivity index (χ0) is 35.3. The van der Waals surface area contributed by atoms with Crippen LogP contribution in [0.1, 0.15) is 77.2 Å². The molecule has 0 saturated carbocycles. The average Bonchev–Trinajstić information content (AvgIpc) is 3.12. The van der Waals surface area contributed by atoms with Crippen LogP contribution in [0.25, 0.3) is 0 Å². The van der Waals surface area contributed by atoms with Gasteiger partial charge in [0.1, 0.15) is 5.75 Å². The van der Waals surface area contributed by atoms with Crippen LogP contribution in [0.5, 0.6) is 11.6 Å². The number of halogens is 3. The summed E-state index contributed by atoms with van der Waals surface area (Å²) in [6.45, 7) is 6.08. The molecule has 50 heavy (non-hydrogen) atoms. The molecule has 9 nitrogen and oxygen atoms in total. The highest BCUT2D eigenvalue weighted by molar-refractivity contribution is 7.91. The number of rotatable bonds is 10. The van der Waals surface area contributed by atoms with Crippen LogP contribution in [-0.2, 0) is 22.0 Å². The van der Waals surface area contributed by atoms with E-state index < -0.39 is 21.9 Å². The number of ether oxygens (including phenoxy) is 1. The molecule has 0 bridgehead atoms. The first-order valence-electron chi connectivity index (χ1n) is 16.9. The summed E-state index contributed by atoms with van der Waals surface area (Å²) in [6.07, 6.45) is -1.27. The molecule has 13 heteroatoms. The number of carbonyl (C=O) groups is 1. The third-order valence-corrected chi connectivity index (χ3v) is 10.8. The zero-order valence-electron chi connectivity index (χ0n) is 27.8. The highest BCUT2D eigenvalue weighted by atomic mass is 32.2. The fourth-order valence-electron chi connectivity index (χ4n) is 6.74. The third-order valence-electron chi connectivity index (χ3n) is 9.53. The van der Waals surface area contributed by atoms with Crippen molar-refractivity contribution in [2.75, 3.05) is 37.4 Å². The molecule has 2 fully saturated rings. The molecular weight excluding hydrogens is 667 g/mol. The molecule has 0 radical (unpaired) electrons. The van der Waals surface area contributed by atoms with Crippen molar-refractivity contribution in [3.05, 3.63) is 113 Å². The van der Waals surface area contributed by atoms with Gasteiger partial charge in [0.05, 0.1) is 11.4 Å². The summed E-state index contributed by atoms with van der Waals surface area (Å²) in [4.78, 5) is 18.0. The van der Waals surface area contributed by atoms with Crippen LogP contribution in [0.2, 0.25) is 0 Å². The smallest absolute Gasteiger partial charge is 0.435 e. The van der Waals surface area contributed by atoms with Crippen LogP contribution in [0, 0.1) is 0 Å². The first-order chi connectivity index (χ1) is 24.0. The predicted octanol–water partition coefficient (Wildman–Crippen LogP) is 7.45. The molecule has 3 heterocycles. The number of alkyl halides is 3. The standard InChI is InChI=1S/C37H40F3N5O4S/c1-2-44-20-16-29(17-21-44)32-13-10-30(24-33(32)43-50(47,48)25-26-6-4-3-5-7-26)36(46)45-22-18-28(19-23-45)27-8-11-31(12-9-27)49-35-15-14-34(41-42-35)37(38,39)40/h3-15,24,28-29,43H,2,16-23,25H2,1H3. The van der Waals surface area contributed by atoms with Gasteiger partial charge in [0.2, 0.25) is 15.9 Å². The van der Waals surface area contributed by atoms with Gasteiger partial charge in [0, 0.05) is 24.7 Å². The Kier molecular flexibility index (Phi) is 10.7. The molecule has 1 amide bonds. The summed E-state index contributed by atoms with van der Waals surface area (Å²) in [5.41, 5.74) is 2.50. The number of hydrogen-bond acceptors (Lipinski definition) is 7. The van der Waals surface area contributed by atoms with Crippen LogP contribution >= 0.6 is 0 Å². The lowest BCUT2D eigenvalue weighted by atomic mass is 9.87. The number of likely N-dealkylation sites (tertiary alicyclic amines) is 2. The lowest BCUT2D eigenvalue weighted by Gasteiger charge is -2.33. The molecule has 2 saturated heterocycles. The minimum Gasteiger partial charge on any atom is -0.438 e. The summed E-state index contributed by atoms with van der Waals surface area (Å²) >= 11 is 0. The topological polar surface area (TPSA) is 105 Å². The van der Waals surface area contributed by atoms with Crippen molar-refractivity contribution >= 4 is 21.6 Å². The summed E-state index contributed by atoms with van der Waals surface area (Å²) in [5.74, 6) is 0.469. The number of aromatic nitrogens is 2. The first-order valence-corrected chi connectivity index (χ1v) is 18.5. The Morgan fingerprint density at radius 2 is 1.54 bits per heavy atom. The van der Waals surface area contributed by atoms with E-state index in [0.29, 0.717) is 35.7 Å². The number of nitrogens with one attached hydrogen (secondary N) is 1. The third kappa shape index (κ3) is 8.80. The number of sulfonamides is 1. The Morgan fingerprint density at radius 3 is 2.16 bits per heavy atom. The van der Waals surface area contributed by atoms with E-state index in [1.54, 1.807) is 30.3 Å². The van der Waals surface area contributed by atoms with Crippen molar-refractivity contribution in [3.8, 4) is 11.6 Å². The Hall–Kier alpha value is -4.49. The molecule has 0 spiro atoms. The molecule has 264 valence electrons. The molecule has 0 aliphatic carbocycles. The van der Waals surface area contributed by atoms with Crippen molar-refractivity contribution in [2.45, 2.75) is 56.4 Å². The number of nitrogens with zero attached hydrogens (tertiary/aromatic N) is 4. The van der Waals surface area contributed by atoms with Crippen molar-refractivity contribution in [2.24, 2.45) is 0 Å². The minimum atomic E-state index is -4.57. The number of piperidine rings is 2. The van der Waals surface area contributed by atoms with Crippen molar-refractivity contribution < 1.29 is 31.1 Å². The van der Waals surface area contributed by atoms with Gasteiger partial charge in [0.25, 0.3) is 5.91 Å². The monoisotopic (exact) mass is 707 g/mol. The van der Waals surface area contributed by atoms with Gasteiger partial charge in [-0.1, -0.05) is 55.5 Å². The van der Waals surface area contributed by atoms with E-state index in [0.717, 1.165) is 68.6 Å². The van der Waals surface area contributed by atoms with E-state index in [4.69, 9.17) is 4.74 Å². The fraction of sp³-hybridized carbons (Fsp3) is 0.378. The van der Waals surface area contributed by atoms with Gasteiger partial charge < -0.3 is 14.5 Å². The van der Waals surface area contributed by atoms with Gasteiger partial charge in [-0.3, -0.25) is 9.52 Å². The minimum absolute atomic E-state index is 0.0420. The average molecular weight is 708 g/mol. The van der Waals surface area contributed by atoms with E-state index in [9.17, 15) is 26.4 Å². The second kappa shape index (κ2) is 15.2. The van der Waals surface area contributed by atoms with Gasteiger partial charge in [-0.2, -0.15) is 13.2 Å². The highest BCUT2D eigenvalue weighted by Gasteiger charge is 2.33. The molecule has 3 aromatic carbocycles. The van der Waals surface area contributed by atoms with Crippen LogP contribution in [-0.4, -0.2) is 67.0 Å². The normalized spacial score (nSPS) is 16.7. The largest absolute Gasteiger partial charge is 0.438 e. The zero-order valence-corrected chi connectivity index (χ0v) is 28.6. The molecule has 6 rings (SSSR count). The maximum Gasteiger partial charge on any atom is 0.435 e. The molecule has 2 aliphatic rings. The first kappa shape index (κ1) is 35.3. The molecule has 0 unspecified atom stereocenters. The van der Waals surface area contributed by atoms with Gasteiger partial charge in [-0.15, -0.1) is 10.2 Å². The second-order valence-electron chi connectivity index (χ2n) is 12.8. The quantitative estimate of drug-likeness (QED) is 0.183. The molecule has 0 atom stereocenters. The van der Waals surface area contributed by atoms with E-state index in [1.165, 1.54) is 0 Å². The lowest BCUT2D eigenvalue weighted by Crippen LogP contribution is -2.38. The van der Waals surface area contributed by atoms with Crippen LogP contribution < -0.4 is 9.46 Å². The molecule has 4 aromatic rings. The Bertz CT molecular complexity index is 1860. The van der Waals surface area contributed by atoms with E-state index in [1.807, 2.05) is 47.4 Å². The van der Waals surface area contributed by atoms with Crippen molar-refractivity contribution in [3.63, 3.8) is 0 Å². The van der Waals surface area contributed by atoms with Crippen molar-refractivity contribution in [1.82, 2.24) is 20.0 Å². The number of anilines is 1. The predicted molar refractivity (Wildman–Crippen MR) is 185 cm³/mol. The van der Waals surface area contributed by atoms with Crippen LogP contribution in [0.4, 0.5) is 18.9 Å².